The van der Waals surface area contributed by atoms with E-state index in [4.69, 9.17) is 5.73 Å². The molecule has 0 saturated heterocycles. The van der Waals surface area contributed by atoms with Gasteiger partial charge in [-0.2, -0.15) is 0 Å². The number of hydrogen-bond donors (Lipinski definition) is 3. The first-order chi connectivity index (χ1) is 9.54. The van der Waals surface area contributed by atoms with Crippen LogP contribution in [0.15, 0.2) is 29.2 Å². The molecule has 0 aromatic heterocycles. The third-order valence-electron chi connectivity index (χ3n) is 4.05. The topological polar surface area (TPSA) is 92.4 Å². The molecule has 1 aromatic rings. The Hall–Kier alpha value is -1.11. The van der Waals surface area contributed by atoms with Crippen LogP contribution in [0.4, 0.5) is 5.69 Å². The molecule has 112 valence electrons. The second-order valence-electron chi connectivity index (χ2n) is 5.38. The maximum Gasteiger partial charge on any atom is 0.242 e. The van der Waals surface area contributed by atoms with Crippen LogP contribution in [-0.2, 0) is 10.0 Å². The lowest BCUT2D eigenvalue weighted by Gasteiger charge is -2.30. The molecule has 1 saturated carbocycles. The fraction of sp³-hybridized carbons (Fsp3) is 0.571. The van der Waals surface area contributed by atoms with Gasteiger partial charge < -0.3 is 10.8 Å². The molecule has 2 rings (SSSR count). The van der Waals surface area contributed by atoms with Crippen LogP contribution in [0.25, 0.3) is 0 Å². The van der Waals surface area contributed by atoms with E-state index in [1.165, 1.54) is 6.07 Å². The van der Waals surface area contributed by atoms with Gasteiger partial charge in [0, 0.05) is 13.2 Å². The molecule has 2 unspecified atom stereocenters. The number of hydrogen-bond acceptors (Lipinski definition) is 4. The number of para-hydroxylation sites is 1. The molecule has 1 aliphatic carbocycles. The van der Waals surface area contributed by atoms with Gasteiger partial charge in [0.15, 0.2) is 0 Å². The lowest BCUT2D eigenvalue weighted by atomic mass is 9.80. The summed E-state index contributed by atoms with van der Waals surface area (Å²) < 4.78 is 27.1. The van der Waals surface area contributed by atoms with Crippen LogP contribution in [0, 0.1) is 11.8 Å². The van der Waals surface area contributed by atoms with E-state index in [-0.39, 0.29) is 29.0 Å². The quantitative estimate of drug-likeness (QED) is 0.715. The van der Waals surface area contributed by atoms with Gasteiger partial charge in [0.2, 0.25) is 10.0 Å². The summed E-state index contributed by atoms with van der Waals surface area (Å²) in [5, 5.41) is 9.35. The van der Waals surface area contributed by atoms with Gasteiger partial charge >= 0.3 is 0 Å². The van der Waals surface area contributed by atoms with E-state index in [2.05, 4.69) is 4.72 Å². The number of nitrogens with two attached hydrogens (primary N) is 1. The van der Waals surface area contributed by atoms with Crippen LogP contribution in [0.1, 0.15) is 25.7 Å². The van der Waals surface area contributed by atoms with Crippen LogP contribution in [-0.4, -0.2) is 26.7 Å². The fourth-order valence-electron chi connectivity index (χ4n) is 2.81. The molecule has 0 spiro atoms. The smallest absolute Gasteiger partial charge is 0.242 e. The standard InChI is InChI=1S/C14H22N2O3S/c15-13-7-3-4-8-14(13)20(18,19)16-9-11-5-1-2-6-12(11)10-17/h3-4,7-8,11-12,16-17H,1-2,5-6,9-10,15H2. The molecule has 0 heterocycles. The lowest BCUT2D eigenvalue weighted by molar-refractivity contribution is 0.136. The van der Waals surface area contributed by atoms with E-state index in [0.29, 0.717) is 6.54 Å². The predicted molar refractivity (Wildman–Crippen MR) is 78.6 cm³/mol. The third-order valence-corrected chi connectivity index (χ3v) is 5.54. The highest BCUT2D eigenvalue weighted by Gasteiger charge is 2.26. The molecule has 0 radical (unpaired) electrons. The molecule has 2 atom stereocenters. The van der Waals surface area contributed by atoms with Gasteiger partial charge in [0.1, 0.15) is 4.90 Å². The zero-order valence-electron chi connectivity index (χ0n) is 11.5. The molecule has 0 bridgehead atoms. The molecule has 4 N–H and O–H groups in total. The Morgan fingerprint density at radius 3 is 2.50 bits per heavy atom. The predicted octanol–water partition coefficient (Wildman–Crippen LogP) is 1.35. The minimum atomic E-state index is -3.58. The number of anilines is 1. The SMILES string of the molecule is Nc1ccccc1S(=O)(=O)NCC1CCCCC1CO. The summed E-state index contributed by atoms with van der Waals surface area (Å²) in [4.78, 5) is 0.122. The second-order valence-corrected chi connectivity index (χ2v) is 7.11. The normalized spacial score (nSPS) is 23.6. The number of aliphatic hydroxyl groups excluding tert-OH is 1. The van der Waals surface area contributed by atoms with Crippen LogP contribution in [0.2, 0.25) is 0 Å². The second kappa shape index (κ2) is 6.56. The zero-order valence-corrected chi connectivity index (χ0v) is 12.3. The summed E-state index contributed by atoms with van der Waals surface area (Å²) in [6, 6.07) is 6.44. The van der Waals surface area contributed by atoms with E-state index in [9.17, 15) is 13.5 Å². The van der Waals surface area contributed by atoms with E-state index < -0.39 is 10.0 Å². The molecule has 5 nitrogen and oxygen atoms in total. The van der Waals surface area contributed by atoms with Crippen molar-refractivity contribution in [3.05, 3.63) is 24.3 Å². The summed E-state index contributed by atoms with van der Waals surface area (Å²) in [6.07, 6.45) is 4.13. The fourth-order valence-corrected chi connectivity index (χ4v) is 4.04. The van der Waals surface area contributed by atoms with Gasteiger partial charge in [-0.3, -0.25) is 0 Å². The Morgan fingerprint density at radius 1 is 1.20 bits per heavy atom. The number of benzene rings is 1. The van der Waals surface area contributed by atoms with Crippen LogP contribution in [0.3, 0.4) is 0 Å². The molecule has 0 aliphatic heterocycles. The lowest BCUT2D eigenvalue weighted by Crippen LogP contribution is -2.35. The summed E-state index contributed by atoms with van der Waals surface area (Å²) in [7, 11) is -3.58. The van der Waals surface area contributed by atoms with Crippen molar-refractivity contribution >= 4 is 15.7 Å². The molecular weight excluding hydrogens is 276 g/mol. The van der Waals surface area contributed by atoms with Crippen molar-refractivity contribution in [2.45, 2.75) is 30.6 Å². The maximum atomic E-state index is 12.2. The number of aliphatic hydroxyl groups is 1. The highest BCUT2D eigenvalue weighted by molar-refractivity contribution is 7.89. The molecular formula is C14H22N2O3S. The summed E-state index contributed by atoms with van der Waals surface area (Å²) in [6.45, 7) is 0.488. The number of rotatable bonds is 5. The van der Waals surface area contributed by atoms with Crippen LogP contribution in [0.5, 0.6) is 0 Å². The molecule has 6 heteroatoms. The van der Waals surface area contributed by atoms with E-state index >= 15 is 0 Å². The summed E-state index contributed by atoms with van der Waals surface area (Å²) in [5.41, 5.74) is 5.96. The van der Waals surface area contributed by atoms with E-state index in [0.717, 1.165) is 25.7 Å². The van der Waals surface area contributed by atoms with Crippen LogP contribution >= 0.6 is 0 Å². The van der Waals surface area contributed by atoms with Crippen molar-refractivity contribution in [1.29, 1.82) is 0 Å². The van der Waals surface area contributed by atoms with Gasteiger partial charge in [0.05, 0.1) is 5.69 Å². The van der Waals surface area contributed by atoms with Crippen molar-refractivity contribution in [2.24, 2.45) is 11.8 Å². The molecule has 1 fully saturated rings. The van der Waals surface area contributed by atoms with Gasteiger partial charge in [-0.1, -0.05) is 25.0 Å². The molecule has 1 aliphatic rings. The minimum absolute atomic E-state index is 0.122. The first kappa shape index (κ1) is 15.3. The average Bonchev–Trinajstić information content (AvgIpc) is 2.46. The van der Waals surface area contributed by atoms with Crippen molar-refractivity contribution < 1.29 is 13.5 Å². The van der Waals surface area contributed by atoms with Crippen molar-refractivity contribution in [3.8, 4) is 0 Å². The van der Waals surface area contributed by atoms with Crippen molar-refractivity contribution in [3.63, 3.8) is 0 Å². The Morgan fingerprint density at radius 2 is 1.85 bits per heavy atom. The average molecular weight is 298 g/mol. The third kappa shape index (κ3) is 3.50. The zero-order chi connectivity index (χ0) is 14.6. The van der Waals surface area contributed by atoms with Crippen LogP contribution < -0.4 is 10.5 Å². The monoisotopic (exact) mass is 298 g/mol. The minimum Gasteiger partial charge on any atom is -0.398 e. The van der Waals surface area contributed by atoms with Gasteiger partial charge in [-0.15, -0.1) is 0 Å². The number of nitrogen functional groups attached to an aromatic ring is 1. The Bertz CT molecular complexity index is 545. The summed E-state index contributed by atoms with van der Waals surface area (Å²) >= 11 is 0. The summed E-state index contributed by atoms with van der Waals surface area (Å²) in [5.74, 6) is 0.396. The van der Waals surface area contributed by atoms with E-state index in [1.807, 2.05) is 0 Å². The number of sulfonamides is 1. The highest BCUT2D eigenvalue weighted by Crippen LogP contribution is 2.29. The van der Waals surface area contributed by atoms with Crippen molar-refractivity contribution in [1.82, 2.24) is 4.72 Å². The Kier molecular flexibility index (Phi) is 5.01. The first-order valence-electron chi connectivity index (χ1n) is 6.99. The molecule has 20 heavy (non-hydrogen) atoms. The Balaban J connectivity index is 2.04. The van der Waals surface area contributed by atoms with Gasteiger partial charge in [0.25, 0.3) is 0 Å². The first-order valence-corrected chi connectivity index (χ1v) is 8.48. The van der Waals surface area contributed by atoms with E-state index in [1.54, 1.807) is 18.2 Å². The van der Waals surface area contributed by atoms with Gasteiger partial charge in [-0.25, -0.2) is 13.1 Å². The molecule has 0 amide bonds. The van der Waals surface area contributed by atoms with Gasteiger partial charge in [-0.05, 0) is 36.8 Å². The largest absolute Gasteiger partial charge is 0.398 e. The Labute approximate surface area is 120 Å². The number of nitrogens with one attached hydrogen (secondary N) is 1. The maximum absolute atomic E-state index is 12.2. The van der Waals surface area contributed by atoms with Crippen molar-refractivity contribution in [2.75, 3.05) is 18.9 Å². The highest BCUT2D eigenvalue weighted by atomic mass is 32.2. The molecule has 1 aromatic carbocycles.